The Morgan fingerprint density at radius 1 is 1.44 bits per heavy atom. The van der Waals surface area contributed by atoms with Crippen LogP contribution in [0.25, 0.3) is 0 Å². The first-order chi connectivity index (χ1) is 7.77. The lowest BCUT2D eigenvalue weighted by molar-refractivity contribution is 0.112. The monoisotopic (exact) mass is 353 g/mol. The van der Waals surface area contributed by atoms with E-state index in [1.54, 1.807) is 11.3 Å². The van der Waals surface area contributed by atoms with Gasteiger partial charge in [0.05, 0.1) is 15.5 Å². The minimum Gasteiger partial charge on any atom is -0.379 e. The standard InChI is InChI=1S/C12H20INOS/c1-3-5-14-11(8-15-6-4-2)10-7-12(13)16-9-10/h7,9,11,14H,3-6,8H2,1-2H3. The van der Waals surface area contributed by atoms with Crippen LogP contribution >= 0.6 is 33.9 Å². The maximum atomic E-state index is 5.65. The van der Waals surface area contributed by atoms with E-state index in [0.29, 0.717) is 6.04 Å². The average molecular weight is 353 g/mol. The highest BCUT2D eigenvalue weighted by Gasteiger charge is 2.12. The highest BCUT2D eigenvalue weighted by Crippen LogP contribution is 2.22. The maximum Gasteiger partial charge on any atom is 0.0661 e. The fourth-order valence-electron chi connectivity index (χ4n) is 1.44. The van der Waals surface area contributed by atoms with Crippen LogP contribution in [0.3, 0.4) is 0 Å². The summed E-state index contributed by atoms with van der Waals surface area (Å²) in [6.45, 7) is 7.01. The predicted molar refractivity (Wildman–Crippen MR) is 79.2 cm³/mol. The van der Waals surface area contributed by atoms with Crippen LogP contribution in [0.15, 0.2) is 11.4 Å². The zero-order valence-corrected chi connectivity index (χ0v) is 12.9. The van der Waals surface area contributed by atoms with Gasteiger partial charge in [-0.3, -0.25) is 0 Å². The van der Waals surface area contributed by atoms with Gasteiger partial charge in [0.2, 0.25) is 0 Å². The fourth-order valence-corrected chi connectivity index (χ4v) is 2.87. The van der Waals surface area contributed by atoms with Crippen molar-refractivity contribution in [2.45, 2.75) is 32.7 Å². The minimum absolute atomic E-state index is 0.353. The third-order valence-corrected chi connectivity index (χ3v) is 4.07. The Morgan fingerprint density at radius 3 is 2.81 bits per heavy atom. The number of halogens is 1. The highest BCUT2D eigenvalue weighted by atomic mass is 127. The molecule has 0 fully saturated rings. The van der Waals surface area contributed by atoms with Gasteiger partial charge >= 0.3 is 0 Å². The molecule has 0 amide bonds. The van der Waals surface area contributed by atoms with Crippen LogP contribution in [0.2, 0.25) is 0 Å². The molecular weight excluding hydrogens is 333 g/mol. The molecule has 0 radical (unpaired) electrons. The van der Waals surface area contributed by atoms with E-state index in [-0.39, 0.29) is 0 Å². The van der Waals surface area contributed by atoms with Gasteiger partial charge in [-0.1, -0.05) is 13.8 Å². The van der Waals surface area contributed by atoms with Gasteiger partial charge < -0.3 is 10.1 Å². The van der Waals surface area contributed by atoms with Gasteiger partial charge in [0, 0.05) is 6.61 Å². The molecule has 0 aromatic carbocycles. The van der Waals surface area contributed by atoms with E-state index in [4.69, 9.17) is 4.74 Å². The summed E-state index contributed by atoms with van der Waals surface area (Å²) in [5.41, 5.74) is 1.36. The molecule has 2 nitrogen and oxygen atoms in total. The lowest BCUT2D eigenvalue weighted by atomic mass is 10.1. The maximum absolute atomic E-state index is 5.65. The Labute approximate surface area is 116 Å². The molecule has 0 aliphatic carbocycles. The molecule has 0 saturated heterocycles. The molecule has 16 heavy (non-hydrogen) atoms. The summed E-state index contributed by atoms with van der Waals surface area (Å²) in [5.74, 6) is 0. The van der Waals surface area contributed by atoms with Gasteiger partial charge in [0.15, 0.2) is 0 Å². The molecule has 1 heterocycles. The summed E-state index contributed by atoms with van der Waals surface area (Å²) < 4.78 is 6.98. The zero-order chi connectivity index (χ0) is 11.8. The van der Waals surface area contributed by atoms with Gasteiger partial charge in [-0.25, -0.2) is 0 Å². The first kappa shape index (κ1) is 14.4. The number of thiophene rings is 1. The van der Waals surface area contributed by atoms with Crippen molar-refractivity contribution in [1.82, 2.24) is 5.32 Å². The first-order valence-electron chi connectivity index (χ1n) is 5.83. The van der Waals surface area contributed by atoms with Crippen molar-refractivity contribution in [2.75, 3.05) is 19.8 Å². The number of rotatable bonds is 8. The van der Waals surface area contributed by atoms with Gasteiger partial charge in [-0.2, -0.15) is 0 Å². The van der Waals surface area contributed by atoms with E-state index in [0.717, 1.165) is 32.6 Å². The van der Waals surface area contributed by atoms with Crippen molar-refractivity contribution < 1.29 is 4.74 Å². The van der Waals surface area contributed by atoms with Crippen molar-refractivity contribution in [3.05, 3.63) is 19.9 Å². The third-order valence-electron chi connectivity index (χ3n) is 2.26. The summed E-state index contributed by atoms with van der Waals surface area (Å²) >= 11 is 4.16. The van der Waals surface area contributed by atoms with Crippen molar-refractivity contribution in [3.8, 4) is 0 Å². The van der Waals surface area contributed by atoms with Crippen molar-refractivity contribution >= 4 is 33.9 Å². The molecule has 1 unspecified atom stereocenters. The molecule has 0 aliphatic heterocycles. The molecule has 0 bridgehead atoms. The summed E-state index contributed by atoms with van der Waals surface area (Å²) in [5, 5.41) is 5.76. The Hall–Kier alpha value is 0.350. The molecule has 0 aliphatic rings. The minimum atomic E-state index is 0.353. The Bertz CT molecular complexity index is 290. The summed E-state index contributed by atoms with van der Waals surface area (Å²) in [6.07, 6.45) is 2.24. The van der Waals surface area contributed by atoms with Crippen LogP contribution in [0.1, 0.15) is 38.3 Å². The van der Waals surface area contributed by atoms with Crippen LogP contribution < -0.4 is 5.32 Å². The molecule has 1 aromatic rings. The van der Waals surface area contributed by atoms with Crippen molar-refractivity contribution in [2.24, 2.45) is 0 Å². The Balaban J connectivity index is 2.49. The smallest absolute Gasteiger partial charge is 0.0661 e. The van der Waals surface area contributed by atoms with Crippen LogP contribution in [-0.4, -0.2) is 19.8 Å². The summed E-state index contributed by atoms with van der Waals surface area (Å²) in [7, 11) is 0. The van der Waals surface area contributed by atoms with Crippen LogP contribution in [0.5, 0.6) is 0 Å². The first-order valence-corrected chi connectivity index (χ1v) is 7.78. The molecule has 0 spiro atoms. The molecule has 1 rings (SSSR count). The topological polar surface area (TPSA) is 21.3 Å². The highest BCUT2D eigenvalue weighted by molar-refractivity contribution is 14.1. The van der Waals surface area contributed by atoms with E-state index in [1.165, 1.54) is 8.45 Å². The molecule has 1 atom stereocenters. The van der Waals surface area contributed by atoms with Gasteiger partial charge in [0.1, 0.15) is 0 Å². The number of hydrogen-bond donors (Lipinski definition) is 1. The molecular formula is C12H20INOS. The van der Waals surface area contributed by atoms with Crippen LogP contribution in [-0.2, 0) is 4.74 Å². The van der Waals surface area contributed by atoms with E-state index in [9.17, 15) is 0 Å². The van der Waals surface area contributed by atoms with Crippen molar-refractivity contribution in [3.63, 3.8) is 0 Å². The van der Waals surface area contributed by atoms with E-state index in [1.807, 2.05) is 0 Å². The van der Waals surface area contributed by atoms with E-state index in [2.05, 4.69) is 53.2 Å². The SMILES string of the molecule is CCCNC(COCCC)c1csc(I)c1. The fraction of sp³-hybridized carbons (Fsp3) is 0.667. The Kier molecular flexibility index (Phi) is 7.60. The second kappa shape index (κ2) is 8.44. The lowest BCUT2D eigenvalue weighted by Crippen LogP contribution is -2.26. The van der Waals surface area contributed by atoms with E-state index < -0.39 is 0 Å². The normalized spacial score (nSPS) is 12.9. The summed E-state index contributed by atoms with van der Waals surface area (Å²) in [4.78, 5) is 0. The predicted octanol–water partition coefficient (Wildman–Crippen LogP) is 3.82. The Morgan fingerprint density at radius 2 is 2.25 bits per heavy atom. The molecule has 1 aromatic heterocycles. The zero-order valence-electron chi connectivity index (χ0n) is 9.96. The molecule has 1 N–H and O–H groups in total. The lowest BCUT2D eigenvalue weighted by Gasteiger charge is -2.17. The van der Waals surface area contributed by atoms with Crippen molar-refractivity contribution in [1.29, 1.82) is 0 Å². The van der Waals surface area contributed by atoms with Crippen LogP contribution in [0, 0.1) is 2.88 Å². The number of nitrogens with one attached hydrogen (secondary N) is 1. The quantitative estimate of drug-likeness (QED) is 0.567. The van der Waals surface area contributed by atoms with Gasteiger partial charge in [0.25, 0.3) is 0 Å². The molecule has 0 saturated carbocycles. The van der Waals surface area contributed by atoms with Gasteiger partial charge in [-0.05, 0) is 59.0 Å². The van der Waals surface area contributed by atoms with E-state index >= 15 is 0 Å². The summed E-state index contributed by atoms with van der Waals surface area (Å²) in [6, 6.07) is 2.60. The average Bonchev–Trinajstić information content (AvgIpc) is 2.70. The largest absolute Gasteiger partial charge is 0.379 e. The number of hydrogen-bond acceptors (Lipinski definition) is 3. The van der Waals surface area contributed by atoms with Crippen LogP contribution in [0.4, 0.5) is 0 Å². The number of ether oxygens (including phenoxy) is 1. The molecule has 4 heteroatoms. The second-order valence-electron chi connectivity index (χ2n) is 3.77. The molecule has 92 valence electrons. The second-order valence-corrected chi connectivity index (χ2v) is 6.57. The van der Waals surface area contributed by atoms with Gasteiger partial charge in [-0.15, -0.1) is 11.3 Å². The third kappa shape index (κ3) is 5.12.